The molecule has 0 heterocycles. The predicted octanol–water partition coefficient (Wildman–Crippen LogP) is 7.02. The van der Waals surface area contributed by atoms with Crippen molar-refractivity contribution in [1.82, 2.24) is 0 Å². The monoisotopic (exact) mass is 424 g/mol. The van der Waals surface area contributed by atoms with Crippen LogP contribution < -0.4 is 0 Å². The molecule has 4 fully saturated rings. The van der Waals surface area contributed by atoms with Gasteiger partial charge >= 0.3 is 0 Å². The maximum Gasteiger partial charge on any atom is 0.133 e. The van der Waals surface area contributed by atoms with E-state index in [2.05, 4.69) is 9.24 Å². The van der Waals surface area contributed by atoms with E-state index in [-0.39, 0.29) is 7.92 Å². The topological polar surface area (TPSA) is 34.1 Å². The minimum atomic E-state index is -0.110. The lowest BCUT2D eigenvalue weighted by molar-refractivity contribution is -0.120. The zero-order valence-corrected chi connectivity index (χ0v) is 19.9. The van der Waals surface area contributed by atoms with Crippen LogP contribution in [0.2, 0.25) is 0 Å². The summed E-state index contributed by atoms with van der Waals surface area (Å²) in [7, 11) is 2.80. The first-order valence-electron chi connectivity index (χ1n) is 12.2. The van der Waals surface area contributed by atoms with Crippen LogP contribution in [0, 0.1) is 0 Å². The fraction of sp³-hybridized carbons (Fsp3) is 0.917. The van der Waals surface area contributed by atoms with Gasteiger partial charge in [-0.05, 0) is 74.0 Å². The fourth-order valence-corrected chi connectivity index (χ4v) is 10.9. The molecule has 3 atom stereocenters. The highest BCUT2D eigenvalue weighted by Crippen LogP contribution is 2.61. The van der Waals surface area contributed by atoms with Crippen LogP contribution in [-0.4, -0.2) is 34.2 Å². The Kier molecular flexibility index (Phi) is 9.93. The van der Waals surface area contributed by atoms with E-state index in [9.17, 15) is 9.59 Å². The Balaban J connectivity index is 0.000000271. The number of hydrogen-bond acceptors (Lipinski definition) is 2. The van der Waals surface area contributed by atoms with Crippen molar-refractivity contribution in [2.24, 2.45) is 0 Å². The SMILES string of the molecule is O=C1CCCC(P(C2CCCCC2)C2CCCC(=O)C2)C1.PC1CCCCC1. The number of carbonyl (C=O) groups is 2. The van der Waals surface area contributed by atoms with Gasteiger partial charge in [-0.25, -0.2) is 0 Å². The van der Waals surface area contributed by atoms with Gasteiger partial charge in [0.05, 0.1) is 0 Å². The Morgan fingerprint density at radius 3 is 1.39 bits per heavy atom. The van der Waals surface area contributed by atoms with Gasteiger partial charge in [0.25, 0.3) is 0 Å². The average Bonchev–Trinajstić information content (AvgIpc) is 2.70. The van der Waals surface area contributed by atoms with Crippen LogP contribution in [0.5, 0.6) is 0 Å². The van der Waals surface area contributed by atoms with Gasteiger partial charge in [0.1, 0.15) is 11.6 Å². The second kappa shape index (κ2) is 12.2. The number of ketones is 2. The third-order valence-electron chi connectivity index (χ3n) is 7.40. The summed E-state index contributed by atoms with van der Waals surface area (Å²) < 4.78 is 0. The molecule has 0 aromatic carbocycles. The normalized spacial score (nSPS) is 31.8. The van der Waals surface area contributed by atoms with Crippen molar-refractivity contribution in [3.05, 3.63) is 0 Å². The molecule has 0 radical (unpaired) electrons. The molecule has 4 saturated carbocycles. The predicted molar refractivity (Wildman–Crippen MR) is 125 cm³/mol. The Hall–Kier alpha value is 0.200. The van der Waals surface area contributed by atoms with Crippen LogP contribution in [0.3, 0.4) is 0 Å². The lowest BCUT2D eigenvalue weighted by Gasteiger charge is -2.43. The summed E-state index contributed by atoms with van der Waals surface area (Å²) in [5.41, 5.74) is 3.12. The number of Topliss-reactive ketones (excluding diaryl/α,β-unsaturated/α-hetero) is 2. The van der Waals surface area contributed by atoms with E-state index in [0.29, 0.717) is 22.9 Å². The molecule has 4 rings (SSSR count). The van der Waals surface area contributed by atoms with Crippen molar-refractivity contribution in [3.63, 3.8) is 0 Å². The van der Waals surface area contributed by atoms with Gasteiger partial charge in [0.15, 0.2) is 0 Å². The molecule has 4 aliphatic rings. The lowest BCUT2D eigenvalue weighted by Crippen LogP contribution is -2.31. The van der Waals surface area contributed by atoms with Crippen molar-refractivity contribution in [2.45, 2.75) is 138 Å². The Bertz CT molecular complexity index is 467. The molecule has 3 unspecified atom stereocenters. The first kappa shape index (κ1) is 22.9. The summed E-state index contributed by atoms with van der Waals surface area (Å²) in [5, 5.41) is 0. The van der Waals surface area contributed by atoms with Gasteiger partial charge in [-0.2, -0.15) is 0 Å². The van der Waals surface area contributed by atoms with Gasteiger partial charge < -0.3 is 0 Å². The summed E-state index contributed by atoms with van der Waals surface area (Å²) in [6, 6.07) is 0. The smallest absolute Gasteiger partial charge is 0.133 e. The average molecular weight is 425 g/mol. The van der Waals surface area contributed by atoms with Crippen LogP contribution >= 0.6 is 17.2 Å². The van der Waals surface area contributed by atoms with E-state index in [1.165, 1.54) is 77.0 Å². The van der Waals surface area contributed by atoms with E-state index in [1.54, 1.807) is 0 Å². The van der Waals surface area contributed by atoms with Crippen LogP contribution in [0.4, 0.5) is 0 Å². The zero-order valence-electron chi connectivity index (χ0n) is 17.9. The van der Waals surface area contributed by atoms with Crippen LogP contribution in [-0.2, 0) is 9.59 Å². The molecule has 0 aliphatic heterocycles. The van der Waals surface area contributed by atoms with Crippen molar-refractivity contribution in [3.8, 4) is 0 Å². The van der Waals surface area contributed by atoms with Crippen molar-refractivity contribution < 1.29 is 9.59 Å². The van der Waals surface area contributed by atoms with E-state index < -0.39 is 0 Å². The van der Waals surface area contributed by atoms with Crippen molar-refractivity contribution >= 4 is 28.7 Å². The molecule has 4 aliphatic carbocycles. The second-order valence-corrected chi connectivity index (χ2v) is 13.7. The first-order chi connectivity index (χ1) is 13.6. The van der Waals surface area contributed by atoms with Crippen molar-refractivity contribution in [1.29, 1.82) is 0 Å². The Labute approximate surface area is 176 Å². The zero-order chi connectivity index (χ0) is 19.8. The summed E-state index contributed by atoms with van der Waals surface area (Å²) in [6.07, 6.45) is 22.3. The summed E-state index contributed by atoms with van der Waals surface area (Å²) in [5.74, 6) is 0.994. The van der Waals surface area contributed by atoms with Crippen molar-refractivity contribution in [2.75, 3.05) is 0 Å². The van der Waals surface area contributed by atoms with Gasteiger partial charge in [0.2, 0.25) is 0 Å². The van der Waals surface area contributed by atoms with Gasteiger partial charge in [-0.15, -0.1) is 9.24 Å². The largest absolute Gasteiger partial charge is 0.300 e. The summed E-state index contributed by atoms with van der Waals surface area (Å²) in [6.45, 7) is 0. The molecule has 0 saturated heterocycles. The number of carbonyl (C=O) groups excluding carboxylic acids is 2. The highest BCUT2D eigenvalue weighted by atomic mass is 31.1. The molecule has 0 aromatic heterocycles. The molecule has 4 heteroatoms. The maximum atomic E-state index is 12.0. The molecule has 28 heavy (non-hydrogen) atoms. The van der Waals surface area contributed by atoms with Crippen LogP contribution in [0.1, 0.15) is 116 Å². The molecule has 0 aromatic rings. The fourth-order valence-electron chi connectivity index (χ4n) is 5.92. The van der Waals surface area contributed by atoms with Crippen LogP contribution in [0.25, 0.3) is 0 Å². The summed E-state index contributed by atoms with van der Waals surface area (Å²) in [4.78, 5) is 23.9. The van der Waals surface area contributed by atoms with Gasteiger partial charge in [-0.1, -0.05) is 46.4 Å². The van der Waals surface area contributed by atoms with Gasteiger partial charge in [-0.3, -0.25) is 9.59 Å². The van der Waals surface area contributed by atoms with E-state index >= 15 is 0 Å². The molecule has 0 spiro atoms. The quantitative estimate of drug-likeness (QED) is 0.456. The molecule has 0 amide bonds. The highest BCUT2D eigenvalue weighted by molar-refractivity contribution is 7.60. The molecular formula is C24H42O2P2. The van der Waals surface area contributed by atoms with Crippen LogP contribution in [0.15, 0.2) is 0 Å². The third-order valence-corrected chi connectivity index (χ3v) is 12.0. The summed E-state index contributed by atoms with van der Waals surface area (Å²) >= 11 is 0. The van der Waals surface area contributed by atoms with Gasteiger partial charge in [0, 0.05) is 25.7 Å². The molecule has 0 bridgehead atoms. The number of rotatable bonds is 3. The molecule has 0 N–H and O–H groups in total. The molecule has 2 nitrogen and oxygen atoms in total. The Morgan fingerprint density at radius 2 is 1.00 bits per heavy atom. The molecular weight excluding hydrogens is 382 g/mol. The number of hydrogen-bond donors (Lipinski definition) is 0. The third kappa shape index (κ3) is 7.16. The minimum absolute atomic E-state index is 0.110. The van der Waals surface area contributed by atoms with E-state index in [0.717, 1.165) is 49.8 Å². The minimum Gasteiger partial charge on any atom is -0.300 e. The Morgan fingerprint density at radius 1 is 0.571 bits per heavy atom. The highest BCUT2D eigenvalue weighted by Gasteiger charge is 2.39. The second-order valence-electron chi connectivity index (χ2n) is 9.71. The maximum absolute atomic E-state index is 12.0. The van der Waals surface area contributed by atoms with E-state index in [1.807, 2.05) is 0 Å². The first-order valence-corrected chi connectivity index (χ1v) is 14.4. The molecule has 160 valence electrons. The lowest BCUT2D eigenvalue weighted by atomic mass is 9.98. The standard InChI is InChI=1S/C18H29O2P.C6H13P/c19-14-6-4-10-17(12-14)21(16-8-2-1-3-9-16)18-11-5-7-15(20)13-18;7-6-4-2-1-3-5-6/h16-18H,1-13H2;6H,1-5,7H2. The van der Waals surface area contributed by atoms with E-state index in [4.69, 9.17) is 0 Å².